The van der Waals surface area contributed by atoms with E-state index in [0.717, 1.165) is 12.4 Å². The Kier molecular flexibility index (Phi) is 3.05. The normalized spacial score (nSPS) is 14.1. The van der Waals surface area contributed by atoms with E-state index >= 15 is 0 Å². The van der Waals surface area contributed by atoms with Crippen molar-refractivity contribution in [3.63, 3.8) is 0 Å². The van der Waals surface area contributed by atoms with Crippen molar-refractivity contribution >= 4 is 0 Å². The summed E-state index contributed by atoms with van der Waals surface area (Å²) < 4.78 is 36.3. The lowest BCUT2D eigenvalue weighted by atomic mass is 10.2. The van der Waals surface area contributed by atoms with E-state index in [1.807, 2.05) is 0 Å². The van der Waals surface area contributed by atoms with Crippen LogP contribution < -0.4 is 5.32 Å². The van der Waals surface area contributed by atoms with E-state index in [0.29, 0.717) is 5.69 Å². The average molecular weight is 205 g/mol. The molecule has 0 aliphatic carbocycles. The molecule has 0 aliphatic heterocycles. The molecule has 1 rings (SSSR count). The van der Waals surface area contributed by atoms with E-state index in [1.54, 1.807) is 14.0 Å². The van der Waals surface area contributed by atoms with Crippen LogP contribution in [0.25, 0.3) is 0 Å². The maximum atomic E-state index is 12.1. The summed E-state index contributed by atoms with van der Waals surface area (Å²) in [5.41, 5.74) is -0.481. The first-order valence-corrected chi connectivity index (χ1v) is 4.01. The second-order valence-corrected chi connectivity index (χ2v) is 2.83. The average Bonchev–Trinajstić information content (AvgIpc) is 2.15. The van der Waals surface area contributed by atoms with Gasteiger partial charge in [0.1, 0.15) is 0 Å². The van der Waals surface area contributed by atoms with Gasteiger partial charge in [-0.2, -0.15) is 13.2 Å². The lowest BCUT2D eigenvalue weighted by Gasteiger charge is -2.10. The maximum absolute atomic E-state index is 12.1. The third-order valence-corrected chi connectivity index (χ3v) is 1.84. The minimum Gasteiger partial charge on any atom is -0.312 e. The van der Waals surface area contributed by atoms with Crippen LogP contribution in [0.15, 0.2) is 12.4 Å². The van der Waals surface area contributed by atoms with Gasteiger partial charge in [-0.3, -0.25) is 4.98 Å². The van der Waals surface area contributed by atoms with E-state index in [-0.39, 0.29) is 6.04 Å². The number of nitrogens with zero attached hydrogens (tertiary/aromatic N) is 2. The van der Waals surface area contributed by atoms with E-state index < -0.39 is 11.9 Å². The fourth-order valence-corrected chi connectivity index (χ4v) is 0.856. The summed E-state index contributed by atoms with van der Waals surface area (Å²) in [6, 6.07) is -0.107. The molecule has 6 heteroatoms. The lowest BCUT2D eigenvalue weighted by Crippen LogP contribution is -2.16. The Balaban J connectivity index is 2.89. The van der Waals surface area contributed by atoms with E-state index in [1.165, 1.54) is 0 Å². The third-order valence-electron chi connectivity index (χ3n) is 1.84. The van der Waals surface area contributed by atoms with E-state index in [2.05, 4.69) is 15.3 Å². The van der Waals surface area contributed by atoms with Crippen LogP contribution in [0, 0.1) is 0 Å². The summed E-state index contributed by atoms with van der Waals surface area (Å²) in [4.78, 5) is 6.96. The molecule has 3 nitrogen and oxygen atoms in total. The number of halogens is 3. The predicted octanol–water partition coefficient (Wildman–Crippen LogP) is 1.78. The van der Waals surface area contributed by atoms with E-state index in [9.17, 15) is 13.2 Å². The first kappa shape index (κ1) is 10.9. The zero-order valence-electron chi connectivity index (χ0n) is 7.76. The molecule has 1 heterocycles. The van der Waals surface area contributed by atoms with Gasteiger partial charge >= 0.3 is 6.18 Å². The molecule has 0 saturated carbocycles. The number of hydrogen-bond acceptors (Lipinski definition) is 3. The Hall–Kier alpha value is -1.17. The summed E-state index contributed by atoms with van der Waals surface area (Å²) in [6.07, 6.45) is -2.55. The Morgan fingerprint density at radius 2 is 1.93 bits per heavy atom. The molecule has 1 N–H and O–H groups in total. The first-order chi connectivity index (χ1) is 6.45. The van der Waals surface area contributed by atoms with Gasteiger partial charge in [0.25, 0.3) is 0 Å². The van der Waals surface area contributed by atoms with Gasteiger partial charge in [-0.1, -0.05) is 0 Å². The summed E-state index contributed by atoms with van der Waals surface area (Å²) in [5.74, 6) is 0. The summed E-state index contributed by atoms with van der Waals surface area (Å²) >= 11 is 0. The zero-order valence-corrected chi connectivity index (χ0v) is 7.76. The van der Waals surface area contributed by atoms with Crippen LogP contribution in [0.4, 0.5) is 13.2 Å². The molecular formula is C8H10F3N3. The second kappa shape index (κ2) is 3.91. The van der Waals surface area contributed by atoms with Crippen LogP contribution in [0.3, 0.4) is 0 Å². The number of aromatic nitrogens is 2. The molecule has 1 aromatic rings. The lowest BCUT2D eigenvalue weighted by molar-refractivity contribution is -0.141. The van der Waals surface area contributed by atoms with Gasteiger partial charge in [-0.15, -0.1) is 0 Å². The standard InChI is InChI=1S/C8H10F3N3/c1-5(12-2)6-3-14-7(4-13-6)8(9,10)11/h3-5,12H,1-2H3. The fraction of sp³-hybridized carbons (Fsp3) is 0.500. The highest BCUT2D eigenvalue weighted by Gasteiger charge is 2.32. The van der Waals surface area contributed by atoms with Crippen LogP contribution in [0.5, 0.6) is 0 Å². The summed E-state index contributed by atoms with van der Waals surface area (Å²) in [5, 5.41) is 2.86. The highest BCUT2D eigenvalue weighted by molar-refractivity contribution is 5.07. The van der Waals surface area contributed by atoms with Crippen molar-refractivity contribution in [2.45, 2.75) is 19.1 Å². The molecule has 0 bridgehead atoms. The Labute approximate surface area is 79.4 Å². The number of nitrogens with one attached hydrogen (secondary N) is 1. The van der Waals surface area contributed by atoms with Gasteiger partial charge in [0, 0.05) is 6.04 Å². The maximum Gasteiger partial charge on any atom is 0.434 e. The fourth-order valence-electron chi connectivity index (χ4n) is 0.856. The molecule has 14 heavy (non-hydrogen) atoms. The van der Waals surface area contributed by atoms with Crippen molar-refractivity contribution in [3.8, 4) is 0 Å². The molecule has 0 saturated heterocycles. The molecule has 0 aromatic carbocycles. The number of rotatable bonds is 2. The molecule has 1 aromatic heterocycles. The van der Waals surface area contributed by atoms with Crippen molar-refractivity contribution < 1.29 is 13.2 Å². The van der Waals surface area contributed by atoms with Gasteiger partial charge in [0.05, 0.1) is 18.1 Å². The Morgan fingerprint density at radius 3 is 2.29 bits per heavy atom. The molecular weight excluding hydrogens is 195 g/mol. The first-order valence-electron chi connectivity index (χ1n) is 4.01. The van der Waals surface area contributed by atoms with Gasteiger partial charge in [-0.25, -0.2) is 4.98 Å². The van der Waals surface area contributed by atoms with Gasteiger partial charge in [0.2, 0.25) is 0 Å². The molecule has 78 valence electrons. The van der Waals surface area contributed by atoms with Crippen LogP contribution in [-0.2, 0) is 6.18 Å². The van der Waals surface area contributed by atoms with Crippen molar-refractivity contribution in [3.05, 3.63) is 23.8 Å². The third kappa shape index (κ3) is 2.41. The van der Waals surface area contributed by atoms with Gasteiger partial charge in [-0.05, 0) is 14.0 Å². The van der Waals surface area contributed by atoms with Crippen LogP contribution in [0.2, 0.25) is 0 Å². The smallest absolute Gasteiger partial charge is 0.312 e. The SMILES string of the molecule is CNC(C)c1cnc(C(F)(F)F)cn1. The van der Waals surface area contributed by atoms with Crippen LogP contribution in [0.1, 0.15) is 24.4 Å². The molecule has 1 atom stereocenters. The van der Waals surface area contributed by atoms with Gasteiger partial charge in [0.15, 0.2) is 5.69 Å². The Morgan fingerprint density at radius 1 is 1.29 bits per heavy atom. The molecule has 0 aliphatic rings. The quantitative estimate of drug-likeness (QED) is 0.799. The Bertz CT molecular complexity index is 294. The number of hydrogen-bond donors (Lipinski definition) is 1. The van der Waals surface area contributed by atoms with Crippen molar-refractivity contribution in [2.75, 3.05) is 7.05 Å². The number of alkyl halides is 3. The van der Waals surface area contributed by atoms with Crippen LogP contribution >= 0.6 is 0 Å². The van der Waals surface area contributed by atoms with Crippen molar-refractivity contribution in [1.29, 1.82) is 0 Å². The minimum absolute atomic E-state index is 0.107. The highest BCUT2D eigenvalue weighted by atomic mass is 19.4. The van der Waals surface area contributed by atoms with Crippen molar-refractivity contribution in [2.24, 2.45) is 0 Å². The summed E-state index contributed by atoms with van der Waals surface area (Å²) in [7, 11) is 1.70. The summed E-state index contributed by atoms with van der Waals surface area (Å²) in [6.45, 7) is 1.79. The zero-order chi connectivity index (χ0) is 10.8. The highest BCUT2D eigenvalue weighted by Crippen LogP contribution is 2.26. The molecule has 0 fully saturated rings. The van der Waals surface area contributed by atoms with Crippen molar-refractivity contribution in [1.82, 2.24) is 15.3 Å². The molecule has 0 radical (unpaired) electrons. The minimum atomic E-state index is -4.42. The van der Waals surface area contributed by atoms with Crippen LogP contribution in [-0.4, -0.2) is 17.0 Å². The molecule has 0 spiro atoms. The predicted molar refractivity (Wildman–Crippen MR) is 44.5 cm³/mol. The topological polar surface area (TPSA) is 37.8 Å². The molecule has 0 amide bonds. The largest absolute Gasteiger partial charge is 0.434 e. The monoisotopic (exact) mass is 205 g/mol. The van der Waals surface area contributed by atoms with Gasteiger partial charge < -0.3 is 5.32 Å². The second-order valence-electron chi connectivity index (χ2n) is 2.83. The molecule has 1 unspecified atom stereocenters. The van der Waals surface area contributed by atoms with E-state index in [4.69, 9.17) is 0 Å².